The molecule has 0 aliphatic carbocycles. The Morgan fingerprint density at radius 1 is 0.844 bits per heavy atom. The number of alkyl carbamates (subject to hydrolysis) is 1. The van der Waals surface area contributed by atoms with Crippen molar-refractivity contribution < 1.29 is 28.5 Å². The van der Waals surface area contributed by atoms with Crippen LogP contribution in [0.15, 0.2) is 91.0 Å². The molecule has 0 aromatic heterocycles. The van der Waals surface area contributed by atoms with E-state index in [1.165, 1.54) is 0 Å². The largest absolute Gasteiger partial charge is 0.480 e. The quantitative estimate of drug-likeness (QED) is 0.454. The predicted octanol–water partition coefficient (Wildman–Crippen LogP) is 3.70. The first-order valence-electron chi connectivity index (χ1n) is 10.0. The van der Waals surface area contributed by atoms with E-state index >= 15 is 0 Å². The highest BCUT2D eigenvalue weighted by Crippen LogP contribution is 2.44. The van der Waals surface area contributed by atoms with Gasteiger partial charge >= 0.3 is 12.1 Å². The number of carboxylic acid groups (broad SMARTS) is 1. The van der Waals surface area contributed by atoms with Crippen molar-refractivity contribution >= 4 is 30.0 Å². The number of carboxylic acids is 1. The zero-order valence-corrected chi connectivity index (χ0v) is 18.2. The second-order valence-corrected chi connectivity index (χ2v) is 9.34. The van der Waals surface area contributed by atoms with Crippen molar-refractivity contribution in [3.05, 3.63) is 96.6 Å². The van der Waals surface area contributed by atoms with Crippen LogP contribution in [0.5, 0.6) is 0 Å². The van der Waals surface area contributed by atoms with Gasteiger partial charge in [0.05, 0.1) is 6.61 Å². The molecule has 3 rings (SSSR count). The van der Waals surface area contributed by atoms with Gasteiger partial charge in [0.25, 0.3) is 7.37 Å². The molecule has 32 heavy (non-hydrogen) atoms. The summed E-state index contributed by atoms with van der Waals surface area (Å²) in [6.45, 7) is -0.121. The number of aliphatic carboxylic acids is 1. The average molecular weight is 453 g/mol. The summed E-state index contributed by atoms with van der Waals surface area (Å²) >= 11 is 0. The van der Waals surface area contributed by atoms with Crippen LogP contribution < -0.4 is 15.9 Å². The van der Waals surface area contributed by atoms with E-state index in [1.807, 2.05) is 30.3 Å². The summed E-state index contributed by atoms with van der Waals surface area (Å²) in [5.41, 5.74) is 0.782. The third kappa shape index (κ3) is 6.30. The van der Waals surface area contributed by atoms with Gasteiger partial charge in [0, 0.05) is 17.0 Å². The fraction of sp³-hybridized carbons (Fsp3) is 0.167. The molecule has 0 spiro atoms. The Balaban J connectivity index is 1.62. The molecular formula is C24H24NO6P. The Kier molecular flexibility index (Phi) is 8.20. The van der Waals surface area contributed by atoms with E-state index in [4.69, 9.17) is 9.26 Å². The molecule has 0 aliphatic heterocycles. The summed E-state index contributed by atoms with van der Waals surface area (Å²) < 4.78 is 24.6. The highest BCUT2D eigenvalue weighted by atomic mass is 31.2. The zero-order valence-electron chi connectivity index (χ0n) is 17.3. The molecule has 2 N–H and O–H groups in total. The van der Waals surface area contributed by atoms with E-state index < -0.39 is 25.5 Å². The van der Waals surface area contributed by atoms with Crippen molar-refractivity contribution in [1.82, 2.24) is 5.32 Å². The maximum absolute atomic E-state index is 13.8. The Morgan fingerprint density at radius 3 is 1.84 bits per heavy atom. The second-order valence-electron chi connectivity index (χ2n) is 6.94. The summed E-state index contributed by atoms with van der Waals surface area (Å²) in [5.74, 6) is -1.24. The number of rotatable bonds is 10. The van der Waals surface area contributed by atoms with Gasteiger partial charge in [-0.1, -0.05) is 66.7 Å². The van der Waals surface area contributed by atoms with Gasteiger partial charge in [-0.2, -0.15) is 0 Å². The highest BCUT2D eigenvalue weighted by molar-refractivity contribution is 7.74. The molecule has 0 saturated carbocycles. The molecule has 0 unspecified atom stereocenters. The minimum absolute atomic E-state index is 0.0206. The van der Waals surface area contributed by atoms with Crippen LogP contribution in [0.4, 0.5) is 4.79 Å². The van der Waals surface area contributed by atoms with E-state index in [0.29, 0.717) is 10.6 Å². The number of hydrogen-bond acceptors (Lipinski definition) is 5. The van der Waals surface area contributed by atoms with Gasteiger partial charge in [0.2, 0.25) is 0 Å². The van der Waals surface area contributed by atoms with Gasteiger partial charge in [0.15, 0.2) is 0 Å². The van der Waals surface area contributed by atoms with Crippen LogP contribution in [-0.4, -0.2) is 29.8 Å². The summed E-state index contributed by atoms with van der Waals surface area (Å²) in [6, 6.07) is 25.3. The molecule has 0 saturated heterocycles. The van der Waals surface area contributed by atoms with Crippen molar-refractivity contribution in [2.75, 3.05) is 6.61 Å². The number of benzene rings is 3. The summed E-state index contributed by atoms with van der Waals surface area (Å²) in [5, 5.41) is 12.8. The molecule has 0 bridgehead atoms. The van der Waals surface area contributed by atoms with Crippen LogP contribution in [-0.2, 0) is 25.2 Å². The molecule has 0 heterocycles. The Morgan fingerprint density at radius 2 is 1.34 bits per heavy atom. The number of amides is 1. The van der Waals surface area contributed by atoms with Crippen LogP contribution in [0.25, 0.3) is 0 Å². The third-order valence-corrected chi connectivity index (χ3v) is 7.18. The highest BCUT2D eigenvalue weighted by Gasteiger charge is 2.29. The molecule has 1 atom stereocenters. The number of ether oxygens (including phenoxy) is 1. The number of nitrogens with one attached hydrogen (secondary N) is 1. The SMILES string of the molecule is O=C(N[C@@H](CCOP(=O)(c1ccccc1)c1ccccc1)C(=O)O)OCc1ccccc1. The van der Waals surface area contributed by atoms with E-state index in [0.717, 1.165) is 5.56 Å². The van der Waals surface area contributed by atoms with Crippen LogP contribution in [0.3, 0.4) is 0 Å². The molecular weight excluding hydrogens is 429 g/mol. The van der Waals surface area contributed by atoms with Crippen LogP contribution >= 0.6 is 7.37 Å². The van der Waals surface area contributed by atoms with Gasteiger partial charge in [-0.05, 0) is 29.8 Å². The van der Waals surface area contributed by atoms with Gasteiger partial charge in [-0.15, -0.1) is 0 Å². The van der Waals surface area contributed by atoms with Gasteiger partial charge < -0.3 is 19.7 Å². The van der Waals surface area contributed by atoms with E-state index in [2.05, 4.69) is 5.32 Å². The fourth-order valence-electron chi connectivity index (χ4n) is 3.01. The fourth-order valence-corrected chi connectivity index (χ4v) is 5.10. The maximum atomic E-state index is 13.8. The number of carbonyl (C=O) groups is 2. The molecule has 0 fully saturated rings. The molecule has 3 aromatic rings. The predicted molar refractivity (Wildman–Crippen MR) is 122 cm³/mol. The zero-order chi connectivity index (χ0) is 22.8. The Labute approximate surface area is 186 Å². The van der Waals surface area contributed by atoms with Crippen molar-refractivity contribution in [1.29, 1.82) is 0 Å². The smallest absolute Gasteiger partial charge is 0.408 e. The first-order valence-corrected chi connectivity index (χ1v) is 11.7. The molecule has 0 radical (unpaired) electrons. The third-order valence-electron chi connectivity index (χ3n) is 4.67. The standard InChI is InChI=1S/C24H24NO6P/c26-23(27)22(25-24(28)30-18-19-10-4-1-5-11-19)16-17-31-32(29,20-12-6-2-7-13-20)21-14-8-3-9-15-21/h1-15,22H,16-18H2,(H,25,28)(H,26,27)/t22-/m0/s1. The normalized spacial score (nSPS) is 12.0. The van der Waals surface area contributed by atoms with Crippen molar-refractivity contribution in [2.24, 2.45) is 0 Å². The first-order chi connectivity index (χ1) is 15.5. The Hall–Kier alpha value is -3.41. The molecule has 7 nitrogen and oxygen atoms in total. The van der Waals surface area contributed by atoms with Crippen molar-refractivity contribution in [3.63, 3.8) is 0 Å². The molecule has 166 valence electrons. The van der Waals surface area contributed by atoms with E-state index in [1.54, 1.807) is 60.7 Å². The van der Waals surface area contributed by atoms with Crippen molar-refractivity contribution in [2.45, 2.75) is 19.1 Å². The number of hydrogen-bond donors (Lipinski definition) is 2. The summed E-state index contributed by atoms with van der Waals surface area (Å²) in [6.07, 6.45) is -0.935. The monoisotopic (exact) mass is 453 g/mol. The van der Waals surface area contributed by atoms with Crippen LogP contribution in [0.2, 0.25) is 0 Å². The maximum Gasteiger partial charge on any atom is 0.408 e. The second kappa shape index (κ2) is 11.3. The average Bonchev–Trinajstić information content (AvgIpc) is 2.83. The van der Waals surface area contributed by atoms with E-state index in [9.17, 15) is 19.3 Å². The van der Waals surface area contributed by atoms with Crippen LogP contribution in [0, 0.1) is 0 Å². The lowest BCUT2D eigenvalue weighted by atomic mass is 10.2. The lowest BCUT2D eigenvalue weighted by Gasteiger charge is -2.21. The topological polar surface area (TPSA) is 102 Å². The van der Waals surface area contributed by atoms with Crippen LogP contribution in [0.1, 0.15) is 12.0 Å². The minimum Gasteiger partial charge on any atom is -0.480 e. The molecule has 0 aliphatic rings. The first kappa shape index (κ1) is 23.3. The Bertz CT molecular complexity index is 1020. The lowest BCUT2D eigenvalue weighted by molar-refractivity contribution is -0.139. The minimum atomic E-state index is -3.43. The van der Waals surface area contributed by atoms with Crippen molar-refractivity contribution in [3.8, 4) is 0 Å². The molecule has 8 heteroatoms. The molecule has 1 amide bonds. The van der Waals surface area contributed by atoms with Gasteiger partial charge in [0.1, 0.15) is 12.6 Å². The lowest BCUT2D eigenvalue weighted by Crippen LogP contribution is -2.41. The van der Waals surface area contributed by atoms with E-state index in [-0.39, 0.29) is 19.6 Å². The van der Waals surface area contributed by atoms with Gasteiger partial charge in [-0.3, -0.25) is 4.57 Å². The van der Waals surface area contributed by atoms with Gasteiger partial charge in [-0.25, -0.2) is 9.59 Å². The summed E-state index contributed by atoms with van der Waals surface area (Å²) in [7, 11) is -3.43. The number of carbonyl (C=O) groups excluding carboxylic acids is 1. The molecule has 3 aromatic carbocycles. The summed E-state index contributed by atoms with van der Waals surface area (Å²) in [4.78, 5) is 23.7.